The number of hydrogen-bond acceptors (Lipinski definition) is 2. The molecule has 0 radical (unpaired) electrons. The first-order valence-electron chi connectivity index (χ1n) is 7.92. The number of nitrogens with one attached hydrogen (secondary N) is 1. The fourth-order valence-electron chi connectivity index (χ4n) is 2.88. The molecule has 2 rings (SSSR count). The average Bonchev–Trinajstić information content (AvgIpc) is 2.45. The lowest BCUT2D eigenvalue weighted by Crippen LogP contribution is -2.37. The lowest BCUT2D eigenvalue weighted by molar-refractivity contribution is 0.151. The van der Waals surface area contributed by atoms with E-state index < -0.39 is 0 Å². The Bertz CT molecular complexity index is 419. The summed E-state index contributed by atoms with van der Waals surface area (Å²) in [7, 11) is 0. The highest BCUT2D eigenvalue weighted by Gasteiger charge is 2.19. The molecule has 112 valence electrons. The minimum absolute atomic E-state index is 0.0676. The van der Waals surface area contributed by atoms with Crippen molar-refractivity contribution in [1.29, 1.82) is 0 Å². The summed E-state index contributed by atoms with van der Waals surface area (Å²) in [6.45, 7) is 8.09. The lowest BCUT2D eigenvalue weighted by atomic mass is 10.0. The minimum atomic E-state index is -0.0676. The molecule has 1 saturated heterocycles. The maximum atomic E-state index is 14.0. The Kier molecular flexibility index (Phi) is 5.99. The van der Waals surface area contributed by atoms with E-state index in [4.69, 9.17) is 0 Å². The maximum Gasteiger partial charge on any atom is 0.127 e. The summed E-state index contributed by atoms with van der Waals surface area (Å²) in [5, 5.41) is 3.37. The van der Waals surface area contributed by atoms with Crippen molar-refractivity contribution >= 4 is 0 Å². The Hall–Kier alpha value is -0.930. The zero-order valence-electron chi connectivity index (χ0n) is 12.8. The van der Waals surface area contributed by atoms with Gasteiger partial charge in [-0.15, -0.1) is 0 Å². The van der Waals surface area contributed by atoms with Crippen LogP contribution in [0.15, 0.2) is 18.2 Å². The number of rotatable bonds is 6. The van der Waals surface area contributed by atoms with Crippen LogP contribution in [0.25, 0.3) is 0 Å². The Morgan fingerprint density at radius 2 is 2.20 bits per heavy atom. The van der Waals surface area contributed by atoms with Crippen molar-refractivity contribution in [1.82, 2.24) is 10.2 Å². The monoisotopic (exact) mass is 278 g/mol. The largest absolute Gasteiger partial charge is 0.313 e. The normalized spacial score (nSPS) is 20.2. The van der Waals surface area contributed by atoms with Crippen LogP contribution in [-0.2, 0) is 13.1 Å². The van der Waals surface area contributed by atoms with E-state index in [0.29, 0.717) is 6.04 Å². The Balaban J connectivity index is 2.00. The molecule has 1 aliphatic heterocycles. The van der Waals surface area contributed by atoms with Gasteiger partial charge in [0.25, 0.3) is 0 Å². The zero-order chi connectivity index (χ0) is 14.4. The number of nitrogens with zero attached hydrogens (tertiary/aromatic N) is 1. The van der Waals surface area contributed by atoms with E-state index in [1.165, 1.54) is 24.8 Å². The first-order chi connectivity index (χ1) is 9.70. The molecule has 1 atom stereocenters. The van der Waals surface area contributed by atoms with Crippen LogP contribution in [0.3, 0.4) is 0 Å². The van der Waals surface area contributed by atoms with Crippen molar-refractivity contribution in [3.05, 3.63) is 35.1 Å². The van der Waals surface area contributed by atoms with E-state index in [1.807, 2.05) is 12.1 Å². The predicted octanol–water partition coefficient (Wildman–Crippen LogP) is 3.70. The van der Waals surface area contributed by atoms with Crippen molar-refractivity contribution < 1.29 is 4.39 Å². The number of likely N-dealkylation sites (tertiary alicyclic amines) is 1. The van der Waals surface area contributed by atoms with E-state index in [-0.39, 0.29) is 5.82 Å². The summed E-state index contributed by atoms with van der Waals surface area (Å²) in [6.07, 6.45) is 4.91. The third kappa shape index (κ3) is 4.29. The van der Waals surface area contributed by atoms with Gasteiger partial charge in [-0.25, -0.2) is 4.39 Å². The average molecular weight is 278 g/mol. The molecule has 0 spiro atoms. The molecule has 0 aromatic heterocycles. The summed E-state index contributed by atoms with van der Waals surface area (Å²) >= 11 is 0. The van der Waals surface area contributed by atoms with E-state index in [0.717, 1.165) is 38.2 Å². The smallest absolute Gasteiger partial charge is 0.127 e. The standard InChI is InChI=1S/C17H27FN2/c1-3-9-19-12-15-7-8-17(18)16(11-15)13-20-10-5-4-6-14(20)2/h7-8,11,14,19H,3-6,9-10,12-13H2,1-2H3. The maximum absolute atomic E-state index is 14.0. The first-order valence-corrected chi connectivity index (χ1v) is 7.92. The highest BCUT2D eigenvalue weighted by Crippen LogP contribution is 2.21. The van der Waals surface area contributed by atoms with Crippen molar-refractivity contribution in [3.63, 3.8) is 0 Å². The molecule has 1 aromatic rings. The predicted molar refractivity (Wildman–Crippen MR) is 82.1 cm³/mol. The number of hydrogen-bond donors (Lipinski definition) is 1. The van der Waals surface area contributed by atoms with Crippen LogP contribution in [0.1, 0.15) is 50.7 Å². The van der Waals surface area contributed by atoms with E-state index in [9.17, 15) is 4.39 Å². The molecular formula is C17H27FN2. The van der Waals surface area contributed by atoms with Crippen LogP contribution in [0, 0.1) is 5.82 Å². The Morgan fingerprint density at radius 1 is 1.35 bits per heavy atom. The van der Waals surface area contributed by atoms with Crippen molar-refractivity contribution in [2.24, 2.45) is 0 Å². The van der Waals surface area contributed by atoms with Crippen LogP contribution in [0.5, 0.6) is 0 Å². The van der Waals surface area contributed by atoms with Crippen LogP contribution >= 0.6 is 0 Å². The third-order valence-corrected chi connectivity index (χ3v) is 4.18. The minimum Gasteiger partial charge on any atom is -0.313 e. The van der Waals surface area contributed by atoms with Crippen LogP contribution in [0.2, 0.25) is 0 Å². The molecule has 1 heterocycles. The van der Waals surface area contributed by atoms with Crippen LogP contribution < -0.4 is 5.32 Å². The molecular weight excluding hydrogens is 251 g/mol. The van der Waals surface area contributed by atoms with Gasteiger partial charge in [0.05, 0.1) is 0 Å². The van der Waals surface area contributed by atoms with Gasteiger partial charge in [-0.3, -0.25) is 4.90 Å². The van der Waals surface area contributed by atoms with E-state index in [2.05, 4.69) is 24.1 Å². The molecule has 2 nitrogen and oxygen atoms in total. The summed E-state index contributed by atoms with van der Waals surface area (Å²) in [5.74, 6) is -0.0676. The summed E-state index contributed by atoms with van der Waals surface area (Å²) < 4.78 is 14.0. The number of halogens is 1. The zero-order valence-corrected chi connectivity index (χ0v) is 12.8. The topological polar surface area (TPSA) is 15.3 Å². The third-order valence-electron chi connectivity index (χ3n) is 4.18. The van der Waals surface area contributed by atoms with Crippen LogP contribution in [-0.4, -0.2) is 24.0 Å². The first kappa shape index (κ1) is 15.5. The van der Waals surface area contributed by atoms with Crippen LogP contribution in [0.4, 0.5) is 4.39 Å². The fraction of sp³-hybridized carbons (Fsp3) is 0.647. The molecule has 0 amide bonds. The van der Waals surface area contributed by atoms with Crippen molar-refractivity contribution in [3.8, 4) is 0 Å². The van der Waals surface area contributed by atoms with Gasteiger partial charge in [-0.05, 0) is 50.9 Å². The summed E-state index contributed by atoms with van der Waals surface area (Å²) in [6, 6.07) is 6.11. The molecule has 0 aliphatic carbocycles. The summed E-state index contributed by atoms with van der Waals surface area (Å²) in [4.78, 5) is 2.41. The highest BCUT2D eigenvalue weighted by molar-refractivity contribution is 5.25. The quantitative estimate of drug-likeness (QED) is 0.798. The lowest BCUT2D eigenvalue weighted by Gasteiger charge is -2.33. The molecule has 1 aromatic carbocycles. The van der Waals surface area contributed by atoms with E-state index in [1.54, 1.807) is 6.07 Å². The van der Waals surface area contributed by atoms with Crippen molar-refractivity contribution in [2.45, 2.75) is 58.7 Å². The van der Waals surface area contributed by atoms with Gasteiger partial charge in [0, 0.05) is 24.7 Å². The van der Waals surface area contributed by atoms with Gasteiger partial charge >= 0.3 is 0 Å². The second-order valence-corrected chi connectivity index (χ2v) is 5.92. The molecule has 3 heteroatoms. The van der Waals surface area contributed by atoms with Gasteiger partial charge < -0.3 is 5.32 Å². The molecule has 0 saturated carbocycles. The molecule has 1 unspecified atom stereocenters. The second kappa shape index (κ2) is 7.75. The molecule has 1 fully saturated rings. The highest BCUT2D eigenvalue weighted by atomic mass is 19.1. The Labute approximate surface area is 122 Å². The van der Waals surface area contributed by atoms with Gasteiger partial charge in [0.1, 0.15) is 5.82 Å². The van der Waals surface area contributed by atoms with Gasteiger partial charge in [0.2, 0.25) is 0 Å². The molecule has 20 heavy (non-hydrogen) atoms. The Morgan fingerprint density at radius 3 is 2.95 bits per heavy atom. The molecule has 1 aliphatic rings. The van der Waals surface area contributed by atoms with Crippen molar-refractivity contribution in [2.75, 3.05) is 13.1 Å². The summed E-state index contributed by atoms with van der Waals surface area (Å²) in [5.41, 5.74) is 2.02. The van der Waals surface area contributed by atoms with Gasteiger partial charge in [0.15, 0.2) is 0 Å². The number of benzene rings is 1. The van der Waals surface area contributed by atoms with Gasteiger partial charge in [-0.2, -0.15) is 0 Å². The molecule has 1 N–H and O–H groups in total. The second-order valence-electron chi connectivity index (χ2n) is 5.92. The SMILES string of the molecule is CCCNCc1ccc(F)c(CN2CCCCC2C)c1. The fourth-order valence-corrected chi connectivity index (χ4v) is 2.88. The van der Waals surface area contributed by atoms with Gasteiger partial charge in [-0.1, -0.05) is 25.5 Å². The van der Waals surface area contributed by atoms with E-state index >= 15 is 0 Å². The number of piperidine rings is 1. The molecule has 0 bridgehead atoms.